The molecule has 9 atom stereocenters. The summed E-state index contributed by atoms with van der Waals surface area (Å²) < 4.78 is 0. The number of carboxylic acid groups (broad SMARTS) is 1. The molecule has 0 aliphatic heterocycles. The summed E-state index contributed by atoms with van der Waals surface area (Å²) in [7, 11) is 0. The highest BCUT2D eigenvalue weighted by Gasteiger charge is 2.30. The third-order valence-electron chi connectivity index (χ3n) is 7.68. The third kappa shape index (κ3) is 17.6. The highest BCUT2D eigenvalue weighted by molar-refractivity contribution is 5.96. The molecule has 8 amide bonds. The fourth-order valence-electron chi connectivity index (χ4n) is 4.53. The van der Waals surface area contributed by atoms with Crippen LogP contribution in [-0.2, 0) is 49.6 Å². The van der Waals surface area contributed by atoms with E-state index in [-0.39, 0.29) is 6.42 Å². The van der Waals surface area contributed by atoms with Crippen molar-refractivity contribution in [1.82, 2.24) is 42.5 Å². The van der Waals surface area contributed by atoms with Crippen LogP contribution >= 0.6 is 0 Å². The van der Waals surface area contributed by atoms with Gasteiger partial charge >= 0.3 is 5.97 Å². The number of aliphatic hydroxyl groups excluding tert-OH is 4. The SMILES string of the molecule is C[C@@H](O)[C@H](N)C(=O)NCC(=O)N[C@H](C(=O)NCC(=O)N[C@@H](Cc1ccccc1)C(=O)NCC(=O)N[C@H](C(=O)NCC(=O)N[C@H](C(=O)O)[C@@H](C)O)[C@@H](C)O)[C@@H](C)O. The van der Waals surface area contributed by atoms with Crippen LogP contribution in [0, 0.1) is 0 Å². The number of rotatable bonds is 23. The molecule has 1 aromatic rings. The molecule has 0 saturated carbocycles. The number of carbonyl (C=O) groups excluding carboxylic acids is 8. The number of nitrogens with one attached hydrogen (secondary N) is 8. The molecule has 312 valence electrons. The van der Waals surface area contributed by atoms with Gasteiger partial charge in [-0.25, -0.2) is 4.79 Å². The van der Waals surface area contributed by atoms with Gasteiger partial charge in [0.2, 0.25) is 47.3 Å². The maximum Gasteiger partial charge on any atom is 0.328 e. The summed E-state index contributed by atoms with van der Waals surface area (Å²) in [5.74, 6) is -9.07. The fraction of sp³-hybridized carbons (Fsp3) is 0.545. The van der Waals surface area contributed by atoms with Gasteiger partial charge in [-0.1, -0.05) is 30.3 Å². The number of carbonyl (C=O) groups is 9. The van der Waals surface area contributed by atoms with Gasteiger partial charge in [-0.05, 0) is 33.3 Å². The minimum absolute atomic E-state index is 0.0939. The predicted molar refractivity (Wildman–Crippen MR) is 192 cm³/mol. The predicted octanol–water partition coefficient (Wildman–Crippen LogP) is -7.43. The molecule has 0 unspecified atom stereocenters. The van der Waals surface area contributed by atoms with Crippen molar-refractivity contribution in [2.75, 3.05) is 26.2 Å². The van der Waals surface area contributed by atoms with Crippen molar-refractivity contribution in [2.24, 2.45) is 5.73 Å². The largest absolute Gasteiger partial charge is 0.480 e. The Labute approximate surface area is 320 Å². The Kier molecular flexibility index (Phi) is 20.6. The molecule has 0 radical (unpaired) electrons. The molecule has 0 spiro atoms. The van der Waals surface area contributed by atoms with E-state index in [1.54, 1.807) is 30.3 Å². The van der Waals surface area contributed by atoms with Gasteiger partial charge in [0, 0.05) is 6.42 Å². The van der Waals surface area contributed by atoms with Crippen molar-refractivity contribution in [3.63, 3.8) is 0 Å². The summed E-state index contributed by atoms with van der Waals surface area (Å²) in [5.41, 5.74) is 6.07. The summed E-state index contributed by atoms with van der Waals surface area (Å²) in [6, 6.07) is 0.805. The normalized spacial score (nSPS) is 15.7. The van der Waals surface area contributed by atoms with Gasteiger partial charge in [-0.15, -0.1) is 0 Å². The third-order valence-corrected chi connectivity index (χ3v) is 7.68. The number of hydrogen-bond acceptors (Lipinski definition) is 14. The number of aliphatic carboxylic acids is 1. The minimum atomic E-state index is -1.66. The van der Waals surface area contributed by atoms with Gasteiger partial charge in [0.25, 0.3) is 0 Å². The van der Waals surface area contributed by atoms with Crippen LogP contribution in [0.2, 0.25) is 0 Å². The fourth-order valence-corrected chi connectivity index (χ4v) is 4.53. The van der Waals surface area contributed by atoms with Crippen molar-refractivity contribution >= 4 is 53.2 Å². The Morgan fingerprint density at radius 1 is 0.518 bits per heavy atom. The van der Waals surface area contributed by atoms with Gasteiger partial charge in [-0.3, -0.25) is 38.4 Å². The molecular weight excluding hydrogens is 746 g/mol. The maximum atomic E-state index is 13.2. The molecule has 0 heterocycles. The van der Waals surface area contributed by atoms with Crippen LogP contribution in [0.3, 0.4) is 0 Å². The molecule has 1 rings (SSSR count). The Morgan fingerprint density at radius 3 is 1.25 bits per heavy atom. The van der Waals surface area contributed by atoms with Gasteiger partial charge < -0.3 is 73.8 Å². The Morgan fingerprint density at radius 2 is 0.875 bits per heavy atom. The van der Waals surface area contributed by atoms with Crippen molar-refractivity contribution in [1.29, 1.82) is 0 Å². The highest BCUT2D eigenvalue weighted by Crippen LogP contribution is 2.04. The zero-order chi connectivity index (χ0) is 42.7. The number of carboxylic acids is 1. The van der Waals surface area contributed by atoms with E-state index in [0.717, 1.165) is 13.8 Å². The van der Waals surface area contributed by atoms with Crippen LogP contribution < -0.4 is 48.3 Å². The van der Waals surface area contributed by atoms with Crippen LogP contribution in [0.4, 0.5) is 0 Å². The lowest BCUT2D eigenvalue weighted by Gasteiger charge is -2.23. The van der Waals surface area contributed by atoms with E-state index in [4.69, 9.17) is 10.8 Å². The second kappa shape index (κ2) is 23.9. The van der Waals surface area contributed by atoms with Crippen molar-refractivity contribution in [3.8, 4) is 0 Å². The zero-order valence-electron chi connectivity index (χ0n) is 31.1. The summed E-state index contributed by atoms with van der Waals surface area (Å²) in [5, 5.41) is 65.7. The molecule has 0 fully saturated rings. The lowest BCUT2D eigenvalue weighted by Crippen LogP contribution is -2.58. The number of amides is 8. The van der Waals surface area contributed by atoms with E-state index < -0.39 is 134 Å². The summed E-state index contributed by atoms with van der Waals surface area (Å²) in [4.78, 5) is 112. The molecule has 0 aliphatic rings. The van der Waals surface area contributed by atoms with Gasteiger partial charge in [0.15, 0.2) is 6.04 Å². The number of benzene rings is 1. The van der Waals surface area contributed by atoms with E-state index in [2.05, 4.69) is 37.2 Å². The molecule has 0 aromatic heterocycles. The van der Waals surface area contributed by atoms with Gasteiger partial charge in [-0.2, -0.15) is 0 Å². The van der Waals surface area contributed by atoms with Crippen LogP contribution in [0.25, 0.3) is 0 Å². The van der Waals surface area contributed by atoms with Crippen LogP contribution in [0.15, 0.2) is 30.3 Å². The average Bonchev–Trinajstić information content (AvgIpc) is 3.13. The van der Waals surface area contributed by atoms with Crippen LogP contribution in [-0.4, -0.2) is 160 Å². The van der Waals surface area contributed by atoms with E-state index >= 15 is 0 Å². The van der Waals surface area contributed by atoms with Gasteiger partial charge in [0.05, 0.1) is 50.6 Å². The molecule has 1 aromatic carbocycles. The zero-order valence-corrected chi connectivity index (χ0v) is 31.1. The average molecular weight is 798 g/mol. The molecule has 0 bridgehead atoms. The Hall–Kier alpha value is -5.75. The second-order valence-electron chi connectivity index (χ2n) is 12.6. The number of nitrogens with two attached hydrogens (primary N) is 1. The standard InChI is InChI=1S/C33H51N9O14/c1-15(43)25(34)30(52)36-13-23(49)41-26(16(2)44)31(53)37-11-21(47)39-20(10-19-8-6-5-7-9-19)29(51)35-12-22(48)40-27(17(3)45)32(54)38-14-24(50)42-28(18(4)46)33(55)56/h5-9,15-18,20,25-28,43-46H,10-14,34H2,1-4H3,(H,35,51)(H,36,52)(H,37,53)(H,38,54)(H,39,47)(H,40,48)(H,41,49)(H,42,50)(H,55,56)/t15-,16-,17-,18-,20+,25+,26+,27+,28+/m1/s1. The molecule has 0 saturated heterocycles. The minimum Gasteiger partial charge on any atom is -0.480 e. The lowest BCUT2D eigenvalue weighted by atomic mass is 10.1. The Balaban J connectivity index is 2.85. The lowest BCUT2D eigenvalue weighted by molar-refractivity contribution is -0.144. The molecule has 56 heavy (non-hydrogen) atoms. The first-order valence-corrected chi connectivity index (χ1v) is 17.2. The summed E-state index contributed by atoms with van der Waals surface area (Å²) in [6.45, 7) is 1.79. The molecule has 0 aliphatic carbocycles. The van der Waals surface area contributed by atoms with E-state index in [9.17, 15) is 63.6 Å². The number of hydrogen-bond donors (Lipinski definition) is 14. The van der Waals surface area contributed by atoms with Crippen LogP contribution in [0.1, 0.15) is 33.3 Å². The first-order valence-electron chi connectivity index (χ1n) is 17.2. The Bertz CT molecular complexity index is 1540. The molecular formula is C33H51N9O14. The van der Waals surface area contributed by atoms with Crippen molar-refractivity contribution in [2.45, 2.75) is 88.7 Å². The van der Waals surface area contributed by atoms with E-state index in [0.29, 0.717) is 5.56 Å². The first-order chi connectivity index (χ1) is 26.1. The smallest absolute Gasteiger partial charge is 0.328 e. The van der Waals surface area contributed by atoms with E-state index in [1.807, 2.05) is 5.32 Å². The molecule has 23 nitrogen and oxygen atoms in total. The van der Waals surface area contributed by atoms with Gasteiger partial charge in [0.1, 0.15) is 24.2 Å². The van der Waals surface area contributed by atoms with Crippen LogP contribution in [0.5, 0.6) is 0 Å². The quantitative estimate of drug-likeness (QED) is 0.0489. The number of aliphatic hydroxyl groups is 4. The van der Waals surface area contributed by atoms with Crippen molar-refractivity contribution in [3.05, 3.63) is 35.9 Å². The maximum absolute atomic E-state index is 13.2. The summed E-state index contributed by atoms with van der Waals surface area (Å²) in [6.07, 6.45) is -5.73. The first kappa shape index (κ1) is 48.3. The van der Waals surface area contributed by atoms with E-state index in [1.165, 1.54) is 13.8 Å². The summed E-state index contributed by atoms with van der Waals surface area (Å²) >= 11 is 0. The van der Waals surface area contributed by atoms with Crippen molar-refractivity contribution < 1.29 is 68.7 Å². The monoisotopic (exact) mass is 797 g/mol. The molecule has 15 N–H and O–H groups in total. The second-order valence-corrected chi connectivity index (χ2v) is 12.6. The molecule has 23 heteroatoms. The topological polar surface area (TPSA) is 377 Å². The highest BCUT2D eigenvalue weighted by atomic mass is 16.4.